The molecule has 1 aliphatic rings. The Morgan fingerprint density at radius 3 is 2.53 bits per heavy atom. The summed E-state index contributed by atoms with van der Waals surface area (Å²) in [6.07, 6.45) is 2.17. The Bertz CT molecular complexity index is 828. The highest BCUT2D eigenvalue weighted by atomic mass is 16.3. The Labute approximate surface area is 112 Å². The Balaban J connectivity index is 2.52. The fourth-order valence-corrected chi connectivity index (χ4v) is 2.88. The van der Waals surface area contributed by atoms with Gasteiger partial charge in [-0.05, 0) is 43.9 Å². The average Bonchev–Trinajstić information content (AvgIpc) is 2.31. The summed E-state index contributed by atoms with van der Waals surface area (Å²) in [6, 6.07) is 7.78. The standard InChI is InChI=1S/C17H17NO/c1-10-5-6-12-13(16(10)19)7-8-14-15(12)11(2)9-17(3,4)18-14/h5-9,19H,1H2,2-4H3. The fraction of sp³-hybridized carbons (Fsp3) is 0.235. The molecule has 2 aromatic carbocycles. The predicted molar refractivity (Wildman–Crippen MR) is 79.6 cm³/mol. The Kier molecular flexibility index (Phi) is 2.33. The van der Waals surface area contributed by atoms with Gasteiger partial charge >= 0.3 is 0 Å². The molecule has 0 saturated heterocycles. The van der Waals surface area contributed by atoms with Gasteiger partial charge in [-0.3, -0.25) is 4.99 Å². The molecule has 0 atom stereocenters. The summed E-state index contributed by atoms with van der Waals surface area (Å²) in [6.45, 7) is 10.1. The molecule has 0 aromatic heterocycles. The number of fused-ring (bicyclic) bond motifs is 3. The van der Waals surface area contributed by atoms with E-state index in [1.54, 1.807) is 0 Å². The van der Waals surface area contributed by atoms with Gasteiger partial charge in [-0.1, -0.05) is 24.8 Å². The second kappa shape index (κ2) is 3.70. The minimum atomic E-state index is -0.168. The van der Waals surface area contributed by atoms with Gasteiger partial charge in [-0.15, -0.1) is 0 Å². The second-order valence-corrected chi connectivity index (χ2v) is 5.72. The first-order chi connectivity index (χ1) is 8.89. The molecule has 0 amide bonds. The zero-order valence-electron chi connectivity index (χ0n) is 11.5. The highest BCUT2D eigenvalue weighted by Crippen LogP contribution is 2.30. The first kappa shape index (κ1) is 12.0. The van der Waals surface area contributed by atoms with E-state index in [0.717, 1.165) is 21.7 Å². The van der Waals surface area contributed by atoms with Gasteiger partial charge < -0.3 is 5.11 Å². The van der Waals surface area contributed by atoms with E-state index < -0.39 is 0 Å². The monoisotopic (exact) mass is 251 g/mol. The molecular formula is C17H17NO. The first-order valence-electron chi connectivity index (χ1n) is 6.42. The third kappa shape index (κ3) is 1.75. The molecule has 0 spiro atoms. The molecule has 0 fully saturated rings. The number of nitrogens with zero attached hydrogens (tertiary/aromatic N) is 1. The van der Waals surface area contributed by atoms with Crippen LogP contribution in [0.1, 0.15) is 26.3 Å². The molecular weight excluding hydrogens is 234 g/mol. The van der Waals surface area contributed by atoms with E-state index in [2.05, 4.69) is 33.4 Å². The lowest BCUT2D eigenvalue weighted by Gasteiger charge is -2.23. The molecule has 1 aliphatic heterocycles. The highest BCUT2D eigenvalue weighted by Gasteiger charge is 2.20. The molecule has 2 aromatic rings. The van der Waals surface area contributed by atoms with Crippen LogP contribution in [0.3, 0.4) is 0 Å². The molecule has 19 heavy (non-hydrogen) atoms. The third-order valence-electron chi connectivity index (χ3n) is 3.61. The van der Waals surface area contributed by atoms with E-state index >= 15 is 0 Å². The van der Waals surface area contributed by atoms with Gasteiger partial charge in [0.1, 0.15) is 5.75 Å². The molecule has 96 valence electrons. The lowest BCUT2D eigenvalue weighted by molar-refractivity contribution is 0.477. The molecule has 2 nitrogen and oxygen atoms in total. The number of phenols is 1. The summed E-state index contributed by atoms with van der Waals surface area (Å²) in [5, 5.41) is 13.7. The van der Waals surface area contributed by atoms with Crippen LogP contribution in [0.15, 0.2) is 35.3 Å². The topological polar surface area (TPSA) is 32.6 Å². The predicted octanol–water partition coefficient (Wildman–Crippen LogP) is 2.77. The number of benzene rings is 2. The maximum atomic E-state index is 10.1. The van der Waals surface area contributed by atoms with Crippen molar-refractivity contribution >= 4 is 22.9 Å². The van der Waals surface area contributed by atoms with E-state index in [-0.39, 0.29) is 11.3 Å². The summed E-state index contributed by atoms with van der Waals surface area (Å²) < 4.78 is 0. The largest absolute Gasteiger partial charge is 0.507 e. The van der Waals surface area contributed by atoms with Crippen molar-refractivity contribution < 1.29 is 5.11 Å². The van der Waals surface area contributed by atoms with Gasteiger partial charge in [0.15, 0.2) is 0 Å². The second-order valence-electron chi connectivity index (χ2n) is 5.72. The summed E-state index contributed by atoms with van der Waals surface area (Å²) in [4.78, 5) is 4.76. The van der Waals surface area contributed by atoms with Crippen LogP contribution in [-0.4, -0.2) is 10.6 Å². The summed E-state index contributed by atoms with van der Waals surface area (Å²) in [7, 11) is 0. The highest BCUT2D eigenvalue weighted by molar-refractivity contribution is 5.97. The number of phenolic OH excluding ortho intramolecular Hbond substituents is 1. The summed E-state index contributed by atoms with van der Waals surface area (Å²) >= 11 is 0. The van der Waals surface area contributed by atoms with E-state index in [1.807, 2.05) is 24.3 Å². The first-order valence-corrected chi connectivity index (χ1v) is 6.42. The van der Waals surface area contributed by atoms with Crippen LogP contribution in [-0.2, 0) is 0 Å². The molecule has 0 radical (unpaired) electrons. The van der Waals surface area contributed by atoms with Crippen LogP contribution in [0, 0.1) is 0 Å². The lowest BCUT2D eigenvalue weighted by Crippen LogP contribution is -2.25. The van der Waals surface area contributed by atoms with Gasteiger partial charge in [0, 0.05) is 16.2 Å². The van der Waals surface area contributed by atoms with Gasteiger partial charge in [0.2, 0.25) is 0 Å². The lowest BCUT2D eigenvalue weighted by atomic mass is 9.90. The van der Waals surface area contributed by atoms with Crippen LogP contribution in [0.2, 0.25) is 0 Å². The SMILES string of the molecule is C=c1ccc2c3c(ccc2c1O)=NC(C)(C)C=C3C. The van der Waals surface area contributed by atoms with E-state index in [0.29, 0.717) is 5.22 Å². The quantitative estimate of drug-likeness (QED) is 0.767. The normalized spacial score (nSPS) is 16.7. The van der Waals surface area contributed by atoms with Crippen molar-refractivity contribution in [3.8, 4) is 5.75 Å². The maximum Gasteiger partial charge on any atom is 0.130 e. The number of allylic oxidation sites excluding steroid dienone is 1. The smallest absolute Gasteiger partial charge is 0.130 e. The van der Waals surface area contributed by atoms with E-state index in [1.165, 1.54) is 5.57 Å². The number of rotatable bonds is 0. The summed E-state index contributed by atoms with van der Waals surface area (Å²) in [5.74, 6) is 0.262. The maximum absolute atomic E-state index is 10.1. The molecule has 2 heteroatoms. The van der Waals surface area contributed by atoms with Crippen LogP contribution >= 0.6 is 0 Å². The Hall–Kier alpha value is -2.09. The van der Waals surface area contributed by atoms with Gasteiger partial charge in [0.25, 0.3) is 0 Å². The van der Waals surface area contributed by atoms with Crippen LogP contribution in [0.5, 0.6) is 5.75 Å². The van der Waals surface area contributed by atoms with Crippen LogP contribution < -0.4 is 10.6 Å². The zero-order valence-corrected chi connectivity index (χ0v) is 11.5. The van der Waals surface area contributed by atoms with Crippen molar-refractivity contribution in [3.05, 3.63) is 46.5 Å². The average molecular weight is 251 g/mol. The number of hydrogen-bond donors (Lipinski definition) is 1. The number of hydrogen-bond acceptors (Lipinski definition) is 2. The minimum absolute atomic E-state index is 0.168. The third-order valence-corrected chi connectivity index (χ3v) is 3.61. The molecule has 0 aliphatic carbocycles. The zero-order chi connectivity index (χ0) is 13.8. The minimum Gasteiger partial charge on any atom is -0.507 e. The van der Waals surface area contributed by atoms with Crippen molar-refractivity contribution in [2.24, 2.45) is 4.99 Å². The van der Waals surface area contributed by atoms with Crippen molar-refractivity contribution in [1.29, 1.82) is 0 Å². The number of aromatic hydroxyl groups is 1. The van der Waals surface area contributed by atoms with Crippen molar-refractivity contribution in [3.63, 3.8) is 0 Å². The van der Waals surface area contributed by atoms with Gasteiger partial charge in [0.05, 0.1) is 10.9 Å². The van der Waals surface area contributed by atoms with E-state index in [4.69, 9.17) is 4.99 Å². The van der Waals surface area contributed by atoms with Crippen molar-refractivity contribution in [2.75, 3.05) is 0 Å². The van der Waals surface area contributed by atoms with Crippen molar-refractivity contribution in [1.82, 2.24) is 0 Å². The molecule has 0 bridgehead atoms. The molecule has 3 rings (SSSR count). The Morgan fingerprint density at radius 1 is 1.11 bits per heavy atom. The Morgan fingerprint density at radius 2 is 1.79 bits per heavy atom. The van der Waals surface area contributed by atoms with Crippen molar-refractivity contribution in [2.45, 2.75) is 26.3 Å². The summed E-state index contributed by atoms with van der Waals surface area (Å²) in [5.41, 5.74) is 2.16. The van der Waals surface area contributed by atoms with Gasteiger partial charge in [-0.25, -0.2) is 0 Å². The molecule has 1 heterocycles. The van der Waals surface area contributed by atoms with Crippen LogP contribution in [0.25, 0.3) is 22.9 Å². The van der Waals surface area contributed by atoms with Gasteiger partial charge in [-0.2, -0.15) is 0 Å². The molecule has 0 saturated carbocycles. The fourth-order valence-electron chi connectivity index (χ4n) is 2.88. The van der Waals surface area contributed by atoms with Crippen LogP contribution in [0.4, 0.5) is 0 Å². The van der Waals surface area contributed by atoms with E-state index in [9.17, 15) is 5.11 Å². The molecule has 0 unspecified atom stereocenters. The molecule has 1 N–H and O–H groups in total.